The van der Waals surface area contributed by atoms with Crippen LogP contribution in [-0.4, -0.2) is 16.7 Å². The maximum atomic E-state index is 11.1. The molecular weight excluding hydrogens is 398 g/mol. The number of ether oxygens (including phenoxy) is 2. The van der Waals surface area contributed by atoms with Crippen LogP contribution < -0.4 is 14.8 Å². The van der Waals surface area contributed by atoms with E-state index >= 15 is 0 Å². The molecule has 0 radical (unpaired) electrons. The van der Waals surface area contributed by atoms with Crippen LogP contribution in [-0.2, 0) is 13.2 Å². The van der Waals surface area contributed by atoms with Crippen LogP contribution in [0.4, 0.5) is 0 Å². The minimum atomic E-state index is -0.651. The number of hydrogen-bond donors (Lipinski definition) is 2. The molecule has 4 nitrogen and oxygen atoms in total. The number of aliphatic hydroxyl groups excluding tert-OH is 1. The predicted molar refractivity (Wildman–Crippen MR) is 130 cm³/mol. The molecule has 0 amide bonds. The molecule has 4 heteroatoms. The lowest BCUT2D eigenvalue weighted by Gasteiger charge is -2.31. The molecule has 0 heterocycles. The first-order valence-electron chi connectivity index (χ1n) is 11.3. The zero-order valence-corrected chi connectivity index (χ0v) is 19.5. The van der Waals surface area contributed by atoms with E-state index in [4.69, 9.17) is 9.47 Å². The fraction of sp³-hybridized carbons (Fsp3) is 0.357. The van der Waals surface area contributed by atoms with Gasteiger partial charge in [0.25, 0.3) is 0 Å². The van der Waals surface area contributed by atoms with Crippen molar-refractivity contribution >= 4 is 0 Å². The molecule has 32 heavy (non-hydrogen) atoms. The molecule has 0 saturated carbocycles. The second kappa shape index (κ2) is 11.2. The van der Waals surface area contributed by atoms with Crippen LogP contribution >= 0.6 is 0 Å². The Morgan fingerprint density at radius 1 is 0.781 bits per heavy atom. The van der Waals surface area contributed by atoms with E-state index in [9.17, 15) is 5.11 Å². The van der Waals surface area contributed by atoms with Gasteiger partial charge < -0.3 is 19.9 Å². The molecule has 0 bridgehead atoms. The summed E-state index contributed by atoms with van der Waals surface area (Å²) in [5, 5.41) is 14.6. The lowest BCUT2D eigenvalue weighted by Crippen LogP contribution is -2.46. The molecular formula is C28H35NO3. The Morgan fingerprint density at radius 3 is 1.81 bits per heavy atom. The van der Waals surface area contributed by atoms with Crippen molar-refractivity contribution in [3.8, 4) is 11.5 Å². The Kier molecular flexibility index (Phi) is 8.32. The fourth-order valence-electron chi connectivity index (χ4n) is 3.60. The van der Waals surface area contributed by atoms with Crippen LogP contribution in [0.2, 0.25) is 0 Å². The van der Waals surface area contributed by atoms with Crippen molar-refractivity contribution in [1.29, 1.82) is 0 Å². The monoisotopic (exact) mass is 433 g/mol. The summed E-state index contributed by atoms with van der Waals surface area (Å²) in [6.45, 7) is 9.29. The van der Waals surface area contributed by atoms with Crippen LogP contribution in [0.5, 0.6) is 11.5 Å². The minimum absolute atomic E-state index is 0.0620. The maximum absolute atomic E-state index is 11.1. The molecule has 0 aliphatic heterocycles. The van der Waals surface area contributed by atoms with Gasteiger partial charge in [0.05, 0.1) is 6.10 Å². The van der Waals surface area contributed by atoms with Gasteiger partial charge in [0.15, 0.2) is 11.5 Å². The van der Waals surface area contributed by atoms with E-state index in [1.165, 1.54) is 0 Å². The third kappa shape index (κ3) is 7.11. The second-order valence-electron chi connectivity index (χ2n) is 9.11. The average Bonchev–Trinajstić information content (AvgIpc) is 2.80. The summed E-state index contributed by atoms with van der Waals surface area (Å²) in [5.74, 6) is 1.30. The van der Waals surface area contributed by atoms with E-state index in [1.54, 1.807) is 0 Å². The highest BCUT2D eigenvalue weighted by atomic mass is 16.5. The summed E-state index contributed by atoms with van der Waals surface area (Å²) >= 11 is 0. The number of benzene rings is 3. The molecule has 0 saturated heterocycles. The molecule has 3 aromatic carbocycles. The largest absolute Gasteiger partial charge is 0.485 e. The minimum Gasteiger partial charge on any atom is -0.485 e. The van der Waals surface area contributed by atoms with Crippen LogP contribution in [0.3, 0.4) is 0 Å². The van der Waals surface area contributed by atoms with Crippen molar-refractivity contribution in [1.82, 2.24) is 5.32 Å². The summed E-state index contributed by atoms with van der Waals surface area (Å²) in [7, 11) is 0. The van der Waals surface area contributed by atoms with Crippen molar-refractivity contribution in [3.63, 3.8) is 0 Å². The van der Waals surface area contributed by atoms with Gasteiger partial charge in [0, 0.05) is 11.6 Å². The summed E-state index contributed by atoms with van der Waals surface area (Å²) < 4.78 is 12.3. The van der Waals surface area contributed by atoms with Gasteiger partial charge >= 0.3 is 0 Å². The second-order valence-corrected chi connectivity index (χ2v) is 9.11. The maximum Gasteiger partial charge on any atom is 0.162 e. The van der Waals surface area contributed by atoms with Crippen molar-refractivity contribution in [2.45, 2.75) is 65.0 Å². The molecule has 2 unspecified atom stereocenters. The summed E-state index contributed by atoms with van der Waals surface area (Å²) in [6.07, 6.45) is 0.159. The first-order chi connectivity index (χ1) is 15.4. The molecule has 0 aromatic heterocycles. The molecule has 170 valence electrons. The number of aliphatic hydroxyl groups is 1. The van der Waals surface area contributed by atoms with E-state index in [-0.39, 0.29) is 11.6 Å². The highest BCUT2D eigenvalue weighted by Crippen LogP contribution is 2.33. The Hall–Kier alpha value is -2.82. The van der Waals surface area contributed by atoms with Gasteiger partial charge in [-0.25, -0.2) is 0 Å². The number of rotatable bonds is 10. The third-order valence-electron chi connectivity index (χ3n) is 5.22. The topological polar surface area (TPSA) is 50.7 Å². The Morgan fingerprint density at radius 2 is 1.31 bits per heavy atom. The summed E-state index contributed by atoms with van der Waals surface area (Å²) in [4.78, 5) is 0. The predicted octanol–water partition coefficient (Wildman–Crippen LogP) is 6.04. The molecule has 0 fully saturated rings. The van der Waals surface area contributed by atoms with Crippen LogP contribution in [0, 0.1) is 0 Å². The highest BCUT2D eigenvalue weighted by Gasteiger charge is 2.25. The van der Waals surface area contributed by atoms with Gasteiger partial charge in [0.2, 0.25) is 0 Å². The Balaban J connectivity index is 1.82. The molecule has 0 aliphatic carbocycles. The lowest BCUT2D eigenvalue weighted by atomic mass is 9.96. The average molecular weight is 434 g/mol. The van der Waals surface area contributed by atoms with Gasteiger partial charge in [0.1, 0.15) is 13.2 Å². The first kappa shape index (κ1) is 23.8. The first-order valence-corrected chi connectivity index (χ1v) is 11.3. The van der Waals surface area contributed by atoms with Gasteiger partial charge in [-0.15, -0.1) is 0 Å². The normalized spacial score (nSPS) is 13.4. The standard InChI is InChI=1S/C28H35NO3/c1-5-24(29-28(2,3)4)27(30)23-16-17-25(31-19-21-12-8-6-9-13-21)26(18-23)32-20-22-14-10-7-11-15-22/h6-18,24,27,29-30H,5,19-20H2,1-4H3. The van der Waals surface area contributed by atoms with E-state index in [0.29, 0.717) is 24.7 Å². The smallest absolute Gasteiger partial charge is 0.162 e. The third-order valence-corrected chi connectivity index (χ3v) is 5.22. The van der Waals surface area contributed by atoms with E-state index in [0.717, 1.165) is 23.1 Å². The molecule has 0 aliphatic rings. The number of nitrogens with one attached hydrogen (secondary N) is 1. The molecule has 3 aromatic rings. The van der Waals surface area contributed by atoms with Crippen molar-refractivity contribution in [3.05, 3.63) is 95.6 Å². The Bertz CT molecular complexity index is 951. The van der Waals surface area contributed by atoms with Crippen LogP contribution in [0.15, 0.2) is 78.9 Å². The van der Waals surface area contributed by atoms with Crippen molar-refractivity contribution < 1.29 is 14.6 Å². The molecule has 0 spiro atoms. The zero-order valence-electron chi connectivity index (χ0n) is 19.5. The van der Waals surface area contributed by atoms with Gasteiger partial charge in [-0.2, -0.15) is 0 Å². The zero-order chi connectivity index (χ0) is 23.0. The highest BCUT2D eigenvalue weighted by molar-refractivity contribution is 5.44. The molecule has 2 N–H and O–H groups in total. The molecule has 2 atom stereocenters. The van der Waals surface area contributed by atoms with E-state index in [2.05, 4.69) is 33.0 Å². The lowest BCUT2D eigenvalue weighted by molar-refractivity contribution is 0.110. The SMILES string of the molecule is CCC(NC(C)(C)C)C(O)c1ccc(OCc2ccccc2)c(OCc2ccccc2)c1. The summed E-state index contributed by atoms with van der Waals surface area (Å²) in [5.41, 5.74) is 2.88. The Labute approximate surface area is 192 Å². The molecule has 3 rings (SSSR count). The summed E-state index contributed by atoms with van der Waals surface area (Å²) in [6, 6.07) is 25.8. The quantitative estimate of drug-likeness (QED) is 0.409. The number of hydrogen-bond acceptors (Lipinski definition) is 4. The van der Waals surface area contributed by atoms with Crippen molar-refractivity contribution in [2.24, 2.45) is 0 Å². The van der Waals surface area contributed by atoms with Gasteiger partial charge in [-0.1, -0.05) is 73.7 Å². The van der Waals surface area contributed by atoms with E-state index in [1.807, 2.05) is 78.9 Å². The van der Waals surface area contributed by atoms with Crippen LogP contribution in [0.25, 0.3) is 0 Å². The van der Waals surface area contributed by atoms with Crippen molar-refractivity contribution in [2.75, 3.05) is 0 Å². The van der Waals surface area contributed by atoms with Crippen LogP contribution in [0.1, 0.15) is 56.9 Å². The van der Waals surface area contributed by atoms with Gasteiger partial charge in [-0.05, 0) is 56.0 Å². The van der Waals surface area contributed by atoms with Gasteiger partial charge in [-0.3, -0.25) is 0 Å². The van der Waals surface area contributed by atoms with E-state index < -0.39 is 6.10 Å². The fourth-order valence-corrected chi connectivity index (χ4v) is 3.60.